The molecule has 18 heavy (non-hydrogen) atoms. The molecule has 0 saturated heterocycles. The highest BCUT2D eigenvalue weighted by Gasteiger charge is 2.28. The highest BCUT2D eigenvalue weighted by molar-refractivity contribution is 6.31. The monoisotopic (exact) mass is 267 g/mol. The largest absolute Gasteiger partial charge is 0.480 e. The van der Waals surface area contributed by atoms with Crippen LogP contribution in [0.3, 0.4) is 0 Å². The minimum atomic E-state index is -0.771. The summed E-state index contributed by atoms with van der Waals surface area (Å²) in [6.45, 7) is 2.00. The van der Waals surface area contributed by atoms with Crippen molar-refractivity contribution in [2.45, 2.75) is 44.7 Å². The Balaban J connectivity index is 2.13. The van der Waals surface area contributed by atoms with Gasteiger partial charge in [-0.05, 0) is 36.5 Å². The molecule has 2 unspecified atom stereocenters. The Morgan fingerprint density at radius 1 is 1.61 bits per heavy atom. The van der Waals surface area contributed by atoms with Crippen LogP contribution >= 0.6 is 11.6 Å². The van der Waals surface area contributed by atoms with E-state index in [9.17, 15) is 9.90 Å². The highest BCUT2D eigenvalue weighted by atomic mass is 35.5. The molecule has 0 aliphatic heterocycles. The zero-order chi connectivity index (χ0) is 13.1. The van der Waals surface area contributed by atoms with Crippen LogP contribution in [0.5, 0.6) is 0 Å². The Kier molecular flexibility index (Phi) is 4.25. The van der Waals surface area contributed by atoms with Crippen molar-refractivity contribution in [3.05, 3.63) is 34.3 Å². The molecular weight excluding hydrogens is 250 g/mol. The normalized spacial score (nSPS) is 19.6. The summed E-state index contributed by atoms with van der Waals surface area (Å²) in [6, 6.07) is 5.51. The third-order valence-electron chi connectivity index (χ3n) is 3.49. The second-order valence-corrected chi connectivity index (χ2v) is 5.15. The van der Waals surface area contributed by atoms with E-state index in [0.29, 0.717) is 6.42 Å². The molecule has 0 fully saturated rings. The van der Waals surface area contributed by atoms with Gasteiger partial charge in [0, 0.05) is 11.1 Å². The molecule has 2 rings (SSSR count). The molecule has 0 bridgehead atoms. The summed E-state index contributed by atoms with van der Waals surface area (Å²) in [6.07, 6.45) is 3.36. The van der Waals surface area contributed by atoms with Crippen molar-refractivity contribution >= 4 is 17.6 Å². The molecule has 0 saturated carbocycles. The Hall–Kier alpha value is -1.06. The second kappa shape index (κ2) is 5.72. The molecule has 1 aromatic rings. The summed E-state index contributed by atoms with van der Waals surface area (Å²) >= 11 is 6.15. The van der Waals surface area contributed by atoms with E-state index < -0.39 is 12.0 Å². The first kappa shape index (κ1) is 13.4. The third-order valence-corrected chi connectivity index (χ3v) is 3.85. The van der Waals surface area contributed by atoms with Gasteiger partial charge in [-0.1, -0.05) is 37.1 Å². The Morgan fingerprint density at radius 3 is 3.06 bits per heavy atom. The van der Waals surface area contributed by atoms with Gasteiger partial charge in [-0.3, -0.25) is 10.1 Å². The minimum Gasteiger partial charge on any atom is -0.480 e. The lowest BCUT2D eigenvalue weighted by Gasteiger charge is -2.20. The molecule has 1 aliphatic carbocycles. The van der Waals surface area contributed by atoms with E-state index in [-0.39, 0.29) is 6.04 Å². The van der Waals surface area contributed by atoms with Crippen molar-refractivity contribution in [1.29, 1.82) is 0 Å². The fourth-order valence-electron chi connectivity index (χ4n) is 2.59. The molecule has 0 aromatic heterocycles. The molecule has 1 aromatic carbocycles. The predicted molar refractivity (Wildman–Crippen MR) is 72.0 cm³/mol. The van der Waals surface area contributed by atoms with E-state index in [4.69, 9.17) is 11.6 Å². The Morgan fingerprint density at radius 2 is 2.39 bits per heavy atom. The average molecular weight is 268 g/mol. The maximum Gasteiger partial charge on any atom is 0.320 e. The van der Waals surface area contributed by atoms with Crippen LogP contribution in [0.1, 0.15) is 43.4 Å². The smallest absolute Gasteiger partial charge is 0.320 e. The Labute approximate surface area is 112 Å². The first-order chi connectivity index (χ1) is 8.63. The topological polar surface area (TPSA) is 49.3 Å². The van der Waals surface area contributed by atoms with Crippen LogP contribution in [0.15, 0.2) is 18.2 Å². The van der Waals surface area contributed by atoms with Gasteiger partial charge in [-0.2, -0.15) is 0 Å². The quantitative estimate of drug-likeness (QED) is 0.862. The number of carbonyl (C=O) groups is 1. The number of carboxylic acid groups (broad SMARTS) is 1. The van der Waals surface area contributed by atoms with Crippen molar-refractivity contribution in [2.24, 2.45) is 0 Å². The summed E-state index contributed by atoms with van der Waals surface area (Å²) < 4.78 is 0. The van der Waals surface area contributed by atoms with Crippen molar-refractivity contribution in [2.75, 3.05) is 0 Å². The second-order valence-electron chi connectivity index (χ2n) is 4.75. The van der Waals surface area contributed by atoms with Crippen LogP contribution in [0, 0.1) is 0 Å². The van der Waals surface area contributed by atoms with Gasteiger partial charge in [0.15, 0.2) is 0 Å². The number of hydrogen-bond donors (Lipinski definition) is 2. The highest BCUT2D eigenvalue weighted by Crippen LogP contribution is 2.35. The molecule has 3 nitrogen and oxygen atoms in total. The van der Waals surface area contributed by atoms with Crippen LogP contribution in [0.4, 0.5) is 0 Å². The lowest BCUT2D eigenvalue weighted by atomic mass is 10.1. The fraction of sp³-hybridized carbons (Fsp3) is 0.500. The molecule has 1 aliphatic rings. The number of benzene rings is 1. The average Bonchev–Trinajstić information content (AvgIpc) is 2.73. The Bertz CT molecular complexity index is 447. The number of hydrogen-bond acceptors (Lipinski definition) is 2. The van der Waals surface area contributed by atoms with Gasteiger partial charge >= 0.3 is 5.97 Å². The lowest BCUT2D eigenvalue weighted by Crippen LogP contribution is -2.38. The molecule has 4 heteroatoms. The van der Waals surface area contributed by atoms with Crippen LogP contribution in [0.2, 0.25) is 5.02 Å². The van der Waals surface area contributed by atoms with Crippen LogP contribution in [0.25, 0.3) is 0 Å². The standard InChI is InChI=1S/C14H18ClNO2/c1-2-4-13(14(17)18)16-12-8-7-9-10(12)5-3-6-11(9)15/h3,5-6,12-13,16H,2,4,7-8H2,1H3,(H,17,18). The van der Waals surface area contributed by atoms with Crippen molar-refractivity contribution in [3.8, 4) is 0 Å². The van der Waals surface area contributed by atoms with Gasteiger partial charge in [-0.25, -0.2) is 0 Å². The van der Waals surface area contributed by atoms with Crippen molar-refractivity contribution in [1.82, 2.24) is 5.32 Å². The maximum absolute atomic E-state index is 11.2. The van der Waals surface area contributed by atoms with Crippen LogP contribution in [-0.2, 0) is 11.2 Å². The third kappa shape index (κ3) is 2.68. The van der Waals surface area contributed by atoms with E-state index >= 15 is 0 Å². The van der Waals surface area contributed by atoms with Gasteiger partial charge in [0.25, 0.3) is 0 Å². The van der Waals surface area contributed by atoms with Gasteiger partial charge in [-0.15, -0.1) is 0 Å². The van der Waals surface area contributed by atoms with E-state index in [0.717, 1.165) is 35.4 Å². The number of aliphatic carboxylic acids is 1. The number of fused-ring (bicyclic) bond motifs is 1. The van der Waals surface area contributed by atoms with Crippen LogP contribution in [-0.4, -0.2) is 17.1 Å². The molecule has 2 N–H and O–H groups in total. The summed E-state index contributed by atoms with van der Waals surface area (Å²) in [5, 5.41) is 13.2. The van der Waals surface area contributed by atoms with E-state index in [2.05, 4.69) is 5.32 Å². The zero-order valence-electron chi connectivity index (χ0n) is 10.4. The molecule has 98 valence electrons. The van der Waals surface area contributed by atoms with Gasteiger partial charge in [0.2, 0.25) is 0 Å². The van der Waals surface area contributed by atoms with Gasteiger partial charge < -0.3 is 5.11 Å². The SMILES string of the molecule is CCCC(NC1CCc2c(Cl)cccc21)C(=O)O. The molecule has 0 heterocycles. The number of nitrogens with one attached hydrogen (secondary N) is 1. The maximum atomic E-state index is 11.2. The fourth-order valence-corrected chi connectivity index (χ4v) is 2.87. The zero-order valence-corrected chi connectivity index (χ0v) is 11.2. The van der Waals surface area contributed by atoms with E-state index in [1.54, 1.807) is 0 Å². The van der Waals surface area contributed by atoms with Crippen molar-refractivity contribution in [3.63, 3.8) is 0 Å². The van der Waals surface area contributed by atoms with E-state index in [1.165, 1.54) is 0 Å². The number of halogens is 1. The summed E-state index contributed by atoms with van der Waals surface area (Å²) in [4.78, 5) is 11.2. The molecule has 0 amide bonds. The first-order valence-electron chi connectivity index (χ1n) is 6.39. The lowest BCUT2D eigenvalue weighted by molar-refractivity contribution is -0.139. The summed E-state index contributed by atoms with van der Waals surface area (Å²) in [5.74, 6) is -0.771. The molecule has 2 atom stereocenters. The number of carboxylic acids is 1. The van der Waals surface area contributed by atoms with Gasteiger partial charge in [0.05, 0.1) is 0 Å². The van der Waals surface area contributed by atoms with Gasteiger partial charge in [0.1, 0.15) is 6.04 Å². The minimum absolute atomic E-state index is 0.117. The summed E-state index contributed by atoms with van der Waals surface area (Å²) in [7, 11) is 0. The number of rotatable bonds is 5. The molecule has 0 spiro atoms. The molecule has 0 radical (unpaired) electrons. The van der Waals surface area contributed by atoms with Crippen LogP contribution < -0.4 is 5.32 Å². The van der Waals surface area contributed by atoms with E-state index in [1.807, 2.05) is 25.1 Å². The van der Waals surface area contributed by atoms with Crippen molar-refractivity contribution < 1.29 is 9.90 Å². The predicted octanol–water partition coefficient (Wildman–Crippen LogP) is 3.17. The first-order valence-corrected chi connectivity index (χ1v) is 6.77. The summed E-state index contributed by atoms with van der Waals surface area (Å²) in [5.41, 5.74) is 2.32. The molecular formula is C14H18ClNO2.